The molecule has 0 unspecified atom stereocenters. The smallest absolute Gasteiger partial charge is 0.263 e. The van der Waals surface area contributed by atoms with Gasteiger partial charge in [0.1, 0.15) is 5.76 Å². The Balaban J connectivity index is 1.28. The lowest BCUT2D eigenvalue weighted by Gasteiger charge is -2.29. The number of fused-ring (bicyclic) bond motifs is 1. The summed E-state index contributed by atoms with van der Waals surface area (Å²) in [6.45, 7) is 4.91. The molecule has 8 nitrogen and oxygen atoms in total. The monoisotopic (exact) mass is 425 g/mol. The van der Waals surface area contributed by atoms with E-state index in [1.807, 2.05) is 6.07 Å². The molecule has 0 radical (unpaired) electrons. The molecule has 1 aromatic carbocycles. The highest BCUT2D eigenvalue weighted by Gasteiger charge is 2.20. The molecule has 8 heteroatoms. The quantitative estimate of drug-likeness (QED) is 0.593. The second kappa shape index (κ2) is 9.26. The summed E-state index contributed by atoms with van der Waals surface area (Å²) in [5.74, 6) is 3.00. The van der Waals surface area contributed by atoms with Crippen molar-refractivity contribution < 1.29 is 23.1 Å². The molecule has 1 aliphatic rings. The molecule has 0 spiro atoms. The molecule has 0 bridgehead atoms. The fourth-order valence-electron chi connectivity index (χ4n) is 3.80. The zero-order valence-electron chi connectivity index (χ0n) is 18.1. The predicted octanol–water partition coefficient (Wildman–Crippen LogP) is 2.98. The molecule has 0 atom stereocenters. The van der Waals surface area contributed by atoms with Crippen LogP contribution in [-0.2, 0) is 24.2 Å². The van der Waals surface area contributed by atoms with Gasteiger partial charge in [-0.15, -0.1) is 0 Å². The summed E-state index contributed by atoms with van der Waals surface area (Å²) in [5.41, 5.74) is 3.14. The number of benzene rings is 1. The Morgan fingerprint density at radius 2 is 2.00 bits per heavy atom. The van der Waals surface area contributed by atoms with Crippen LogP contribution in [0, 0.1) is 6.92 Å². The van der Waals surface area contributed by atoms with E-state index in [-0.39, 0.29) is 12.3 Å². The molecular weight excluding hydrogens is 398 g/mol. The number of aromatic nitrogens is 1. The maximum atomic E-state index is 12.4. The largest absolute Gasteiger partial charge is 0.493 e. The van der Waals surface area contributed by atoms with Crippen LogP contribution >= 0.6 is 0 Å². The van der Waals surface area contributed by atoms with E-state index in [1.54, 1.807) is 39.5 Å². The van der Waals surface area contributed by atoms with E-state index in [0.29, 0.717) is 29.6 Å². The van der Waals surface area contributed by atoms with Gasteiger partial charge >= 0.3 is 0 Å². The molecule has 1 aliphatic heterocycles. The number of furan rings is 1. The number of oxazole rings is 1. The minimum absolute atomic E-state index is 0.0776. The summed E-state index contributed by atoms with van der Waals surface area (Å²) >= 11 is 0. The zero-order chi connectivity index (χ0) is 21.8. The average molecular weight is 425 g/mol. The van der Waals surface area contributed by atoms with Gasteiger partial charge in [0.2, 0.25) is 5.91 Å². The van der Waals surface area contributed by atoms with Gasteiger partial charge in [0.05, 0.1) is 32.6 Å². The number of nitrogens with one attached hydrogen (secondary N) is 1. The molecule has 31 heavy (non-hydrogen) atoms. The molecule has 0 saturated heterocycles. The minimum Gasteiger partial charge on any atom is -0.493 e. The summed E-state index contributed by atoms with van der Waals surface area (Å²) in [5, 5.41) is 2.98. The molecule has 164 valence electrons. The SMILES string of the molecule is COc1cc2c(cc1OC)CN(CCNC(=O)Cc1nc(-c3ccco3)oc1C)CC2. The van der Waals surface area contributed by atoms with Gasteiger partial charge in [-0.2, -0.15) is 0 Å². The van der Waals surface area contributed by atoms with E-state index < -0.39 is 0 Å². The maximum absolute atomic E-state index is 12.4. The molecule has 0 fully saturated rings. The number of amides is 1. The van der Waals surface area contributed by atoms with E-state index in [4.69, 9.17) is 18.3 Å². The van der Waals surface area contributed by atoms with Crippen molar-refractivity contribution in [1.29, 1.82) is 0 Å². The standard InChI is InChI=1S/C23H27N3O5/c1-15-18(25-23(31-15)19-5-4-10-30-19)13-22(27)24-7-9-26-8-6-16-11-20(28-2)21(29-3)12-17(16)14-26/h4-5,10-12H,6-9,13-14H2,1-3H3,(H,24,27). The van der Waals surface area contributed by atoms with E-state index in [1.165, 1.54) is 11.1 Å². The second-order valence-corrected chi connectivity index (χ2v) is 7.53. The topological polar surface area (TPSA) is 90.0 Å². The van der Waals surface area contributed by atoms with Gasteiger partial charge in [0, 0.05) is 26.2 Å². The molecule has 3 aromatic rings. The lowest BCUT2D eigenvalue weighted by Crippen LogP contribution is -2.38. The molecular formula is C23H27N3O5. The van der Waals surface area contributed by atoms with Crippen molar-refractivity contribution in [2.75, 3.05) is 33.9 Å². The Kier molecular flexibility index (Phi) is 6.27. The van der Waals surface area contributed by atoms with Crippen LogP contribution in [0.25, 0.3) is 11.7 Å². The number of carbonyl (C=O) groups excluding carboxylic acids is 1. The van der Waals surface area contributed by atoms with E-state index in [9.17, 15) is 4.79 Å². The summed E-state index contributed by atoms with van der Waals surface area (Å²) in [4.78, 5) is 19.1. The second-order valence-electron chi connectivity index (χ2n) is 7.53. The van der Waals surface area contributed by atoms with Gasteiger partial charge in [-0.25, -0.2) is 4.98 Å². The highest BCUT2D eigenvalue weighted by atomic mass is 16.5. The normalized spacial score (nSPS) is 13.6. The lowest BCUT2D eigenvalue weighted by molar-refractivity contribution is -0.120. The van der Waals surface area contributed by atoms with Crippen molar-refractivity contribution in [3.63, 3.8) is 0 Å². The number of carbonyl (C=O) groups is 1. The minimum atomic E-state index is -0.0776. The highest BCUT2D eigenvalue weighted by molar-refractivity contribution is 5.78. The van der Waals surface area contributed by atoms with Crippen molar-refractivity contribution >= 4 is 5.91 Å². The van der Waals surface area contributed by atoms with Crippen molar-refractivity contribution in [3.8, 4) is 23.1 Å². The highest BCUT2D eigenvalue weighted by Crippen LogP contribution is 2.33. The Morgan fingerprint density at radius 1 is 1.23 bits per heavy atom. The van der Waals surface area contributed by atoms with Crippen molar-refractivity contribution in [3.05, 3.63) is 53.1 Å². The van der Waals surface area contributed by atoms with Crippen molar-refractivity contribution in [2.45, 2.75) is 26.3 Å². The third-order valence-corrected chi connectivity index (χ3v) is 5.50. The van der Waals surface area contributed by atoms with Gasteiger partial charge in [0.15, 0.2) is 17.3 Å². The molecule has 3 heterocycles. The van der Waals surface area contributed by atoms with E-state index >= 15 is 0 Å². The number of methoxy groups -OCH3 is 2. The van der Waals surface area contributed by atoms with Gasteiger partial charge in [0.25, 0.3) is 5.89 Å². The van der Waals surface area contributed by atoms with Crippen LogP contribution in [0.3, 0.4) is 0 Å². The van der Waals surface area contributed by atoms with Gasteiger partial charge < -0.3 is 23.6 Å². The molecule has 4 rings (SSSR count). The fraction of sp³-hybridized carbons (Fsp3) is 0.391. The van der Waals surface area contributed by atoms with Gasteiger partial charge in [-0.05, 0) is 48.7 Å². The van der Waals surface area contributed by atoms with Crippen molar-refractivity contribution in [2.24, 2.45) is 0 Å². The lowest BCUT2D eigenvalue weighted by atomic mass is 9.99. The van der Waals surface area contributed by atoms with E-state index in [2.05, 4.69) is 21.3 Å². The first-order valence-corrected chi connectivity index (χ1v) is 10.3. The van der Waals surface area contributed by atoms with E-state index in [0.717, 1.165) is 37.6 Å². The van der Waals surface area contributed by atoms with Gasteiger partial charge in [-0.3, -0.25) is 9.69 Å². The number of hydrogen-bond acceptors (Lipinski definition) is 7. The van der Waals surface area contributed by atoms with Crippen LogP contribution in [0.4, 0.5) is 0 Å². The third kappa shape index (κ3) is 4.74. The average Bonchev–Trinajstić information content (AvgIpc) is 3.43. The Hall–Kier alpha value is -3.26. The third-order valence-electron chi connectivity index (χ3n) is 5.50. The zero-order valence-corrected chi connectivity index (χ0v) is 18.1. The van der Waals surface area contributed by atoms with Crippen LogP contribution < -0.4 is 14.8 Å². The van der Waals surface area contributed by atoms with Crippen molar-refractivity contribution in [1.82, 2.24) is 15.2 Å². The summed E-state index contributed by atoms with van der Waals surface area (Å²) in [7, 11) is 3.30. The number of nitrogens with zero attached hydrogens (tertiary/aromatic N) is 2. The number of rotatable bonds is 8. The fourth-order valence-corrected chi connectivity index (χ4v) is 3.80. The first kappa shape index (κ1) is 21.0. The van der Waals surface area contributed by atoms with Crippen LogP contribution in [0.15, 0.2) is 39.4 Å². The summed E-state index contributed by atoms with van der Waals surface area (Å²) in [6, 6.07) is 7.65. The Bertz CT molecular complexity index is 1040. The first-order chi connectivity index (χ1) is 15.1. The van der Waals surface area contributed by atoms with Crippen LogP contribution in [0.1, 0.15) is 22.6 Å². The number of hydrogen-bond donors (Lipinski definition) is 1. The van der Waals surface area contributed by atoms with Crippen LogP contribution in [0.5, 0.6) is 11.5 Å². The molecule has 2 aromatic heterocycles. The molecule has 1 amide bonds. The molecule has 0 saturated carbocycles. The number of ether oxygens (including phenoxy) is 2. The maximum Gasteiger partial charge on any atom is 0.263 e. The predicted molar refractivity (Wildman–Crippen MR) is 114 cm³/mol. The summed E-state index contributed by atoms with van der Waals surface area (Å²) < 4.78 is 21.7. The van der Waals surface area contributed by atoms with Crippen LogP contribution in [0.2, 0.25) is 0 Å². The Labute approximate surface area is 181 Å². The van der Waals surface area contributed by atoms with Crippen LogP contribution in [-0.4, -0.2) is 49.6 Å². The first-order valence-electron chi connectivity index (χ1n) is 10.3. The number of aryl methyl sites for hydroxylation is 1. The molecule has 0 aliphatic carbocycles. The molecule has 1 N–H and O–H groups in total. The summed E-state index contributed by atoms with van der Waals surface area (Å²) in [6.07, 6.45) is 2.68. The van der Waals surface area contributed by atoms with Gasteiger partial charge in [-0.1, -0.05) is 0 Å². The Morgan fingerprint density at radius 3 is 2.71 bits per heavy atom.